The highest BCUT2D eigenvalue weighted by Crippen LogP contribution is 2.52. The molecule has 4 fully saturated rings. The predicted molar refractivity (Wildman–Crippen MR) is 236 cm³/mol. The number of nitrogens with one attached hydrogen (secondary N) is 3. The molecule has 0 radical (unpaired) electrons. The van der Waals surface area contributed by atoms with Gasteiger partial charge in [0, 0.05) is 33.2 Å². The fraction of sp³-hybridized carbons (Fsp3) is 0.804. The Morgan fingerprint density at radius 2 is 0.630 bits per heavy atom. The number of rotatable bonds is 4. The lowest BCUT2D eigenvalue weighted by Gasteiger charge is -2.36. The Hall–Kier alpha value is -1.42. The molecule has 0 aromatic heterocycles. The lowest BCUT2D eigenvalue weighted by atomic mass is 9.71. The standard InChI is InChI=1S/C51H85N3/c1-44(2)21-17-34(29-45(3,4)33-44)40-25-38-27-42(36-19-23-47(7,8)53-50(13,14)31-36)43(37-20-24-48(9,10)54-51(15,16)32-37)28-39(38)26-41(40)35-18-22-46(5,6)52-49(11,12)30-35/h25-28,34-37,52-54H,17-24,29-33H2,1-16H3. The molecule has 2 aromatic rings. The van der Waals surface area contributed by atoms with E-state index in [4.69, 9.17) is 0 Å². The van der Waals surface area contributed by atoms with Gasteiger partial charge in [-0.25, -0.2) is 0 Å². The number of hydrogen-bond donors (Lipinski definition) is 3. The van der Waals surface area contributed by atoms with Crippen LogP contribution in [0.25, 0.3) is 10.8 Å². The van der Waals surface area contributed by atoms with Crippen LogP contribution >= 0.6 is 0 Å². The molecule has 1 saturated carbocycles. The zero-order chi connectivity index (χ0) is 39.9. The highest BCUT2D eigenvalue weighted by atomic mass is 15.1. The number of benzene rings is 2. The van der Waals surface area contributed by atoms with Crippen LogP contribution in [-0.2, 0) is 0 Å². The largest absolute Gasteiger partial charge is 0.307 e. The maximum atomic E-state index is 4.09. The minimum absolute atomic E-state index is 0.0873. The van der Waals surface area contributed by atoms with Crippen molar-refractivity contribution in [3.05, 3.63) is 46.5 Å². The van der Waals surface area contributed by atoms with E-state index >= 15 is 0 Å². The predicted octanol–water partition coefficient (Wildman–Crippen LogP) is 13.8. The van der Waals surface area contributed by atoms with Gasteiger partial charge in [-0.2, -0.15) is 0 Å². The summed E-state index contributed by atoms with van der Waals surface area (Å²) in [5.41, 5.74) is 8.13. The Morgan fingerprint density at radius 1 is 0.352 bits per heavy atom. The topological polar surface area (TPSA) is 36.1 Å². The van der Waals surface area contributed by atoms with Crippen molar-refractivity contribution in [3.63, 3.8) is 0 Å². The summed E-state index contributed by atoms with van der Waals surface area (Å²) in [6, 6.07) is 11.0. The van der Waals surface area contributed by atoms with E-state index in [1.165, 1.54) is 94.2 Å². The fourth-order valence-electron chi connectivity index (χ4n) is 13.5. The summed E-state index contributed by atoms with van der Waals surface area (Å²) in [7, 11) is 0. The van der Waals surface area contributed by atoms with E-state index in [0.717, 1.165) is 0 Å². The van der Waals surface area contributed by atoms with Crippen LogP contribution in [0.2, 0.25) is 0 Å². The highest BCUT2D eigenvalue weighted by Gasteiger charge is 2.42. The van der Waals surface area contributed by atoms with Crippen molar-refractivity contribution < 1.29 is 0 Å². The molecule has 6 rings (SSSR count). The van der Waals surface area contributed by atoms with E-state index in [9.17, 15) is 0 Å². The smallest absolute Gasteiger partial charge is 0.0135 e. The van der Waals surface area contributed by atoms with Crippen LogP contribution in [0.15, 0.2) is 24.3 Å². The van der Waals surface area contributed by atoms with Crippen LogP contribution in [-0.4, -0.2) is 33.2 Å². The first-order chi connectivity index (χ1) is 24.5. The number of fused-ring (bicyclic) bond motifs is 1. The minimum atomic E-state index is 0.0873. The van der Waals surface area contributed by atoms with Crippen LogP contribution in [0, 0.1) is 10.8 Å². The molecule has 4 aliphatic rings. The third-order valence-electron chi connectivity index (χ3n) is 14.6. The Kier molecular flexibility index (Phi) is 11.1. The fourth-order valence-corrected chi connectivity index (χ4v) is 13.5. The van der Waals surface area contributed by atoms with Gasteiger partial charge in [0.05, 0.1) is 0 Å². The average molecular weight is 740 g/mol. The lowest BCUT2D eigenvalue weighted by molar-refractivity contribution is 0.198. The first-order valence-electron chi connectivity index (χ1n) is 22.5. The van der Waals surface area contributed by atoms with Crippen molar-refractivity contribution in [3.8, 4) is 0 Å². The molecule has 3 N–H and O–H groups in total. The molecule has 0 bridgehead atoms. The van der Waals surface area contributed by atoms with Gasteiger partial charge in [-0.1, -0.05) is 52.0 Å². The molecular formula is C51H85N3. The first-order valence-corrected chi connectivity index (χ1v) is 22.5. The average Bonchev–Trinajstić information content (AvgIpc) is 3.29. The van der Waals surface area contributed by atoms with E-state index < -0.39 is 0 Å². The van der Waals surface area contributed by atoms with Crippen molar-refractivity contribution in [1.29, 1.82) is 0 Å². The zero-order valence-electron chi connectivity index (χ0n) is 38.3. The van der Waals surface area contributed by atoms with Crippen LogP contribution in [0.1, 0.15) is 240 Å². The molecular weight excluding hydrogens is 655 g/mol. The molecule has 4 atom stereocenters. The Labute approximate surface area is 334 Å². The summed E-state index contributed by atoms with van der Waals surface area (Å²) in [6.45, 7) is 39.5. The molecule has 3 heteroatoms. The minimum Gasteiger partial charge on any atom is -0.307 e. The Balaban J connectivity index is 1.57. The molecule has 3 aliphatic heterocycles. The van der Waals surface area contributed by atoms with E-state index in [2.05, 4.69) is 151 Å². The SMILES string of the molecule is CC1(C)CCC(c2cc3cc(C4CCC(C)(C)NC(C)(C)C4)c(C4CCC(C)(C)NC(C)(C)C4)cc3cc2C2CCC(C)(C)NC(C)(C)C2)CC(C)(C)C1. The second-order valence-electron chi connectivity index (χ2n) is 25.3. The van der Waals surface area contributed by atoms with E-state index in [-0.39, 0.29) is 33.2 Å². The molecule has 3 nitrogen and oxygen atoms in total. The Bertz CT molecular complexity index is 1420. The number of hydrogen-bond acceptors (Lipinski definition) is 3. The van der Waals surface area contributed by atoms with E-state index in [0.29, 0.717) is 34.5 Å². The maximum Gasteiger partial charge on any atom is 0.0135 e. The van der Waals surface area contributed by atoms with Crippen LogP contribution in [0.4, 0.5) is 0 Å². The van der Waals surface area contributed by atoms with Crippen molar-refractivity contribution in [1.82, 2.24) is 16.0 Å². The van der Waals surface area contributed by atoms with Gasteiger partial charge < -0.3 is 16.0 Å². The van der Waals surface area contributed by atoms with Crippen molar-refractivity contribution >= 4 is 10.8 Å². The Morgan fingerprint density at radius 3 is 0.944 bits per heavy atom. The maximum absolute atomic E-state index is 4.09. The molecule has 2 aromatic carbocycles. The highest BCUT2D eigenvalue weighted by molar-refractivity contribution is 5.86. The summed E-state index contributed by atoms with van der Waals surface area (Å²) in [5.74, 6) is 2.27. The van der Waals surface area contributed by atoms with E-state index in [1.54, 1.807) is 22.3 Å². The summed E-state index contributed by atoms with van der Waals surface area (Å²) in [4.78, 5) is 0. The van der Waals surface area contributed by atoms with Gasteiger partial charge in [0.2, 0.25) is 0 Å². The molecule has 3 saturated heterocycles. The molecule has 0 spiro atoms. The second-order valence-corrected chi connectivity index (χ2v) is 25.3. The summed E-state index contributed by atoms with van der Waals surface area (Å²) < 4.78 is 0. The zero-order valence-corrected chi connectivity index (χ0v) is 38.3. The second kappa shape index (κ2) is 14.1. The molecule has 304 valence electrons. The van der Waals surface area contributed by atoms with Gasteiger partial charge in [-0.3, -0.25) is 0 Å². The first kappa shape index (κ1) is 42.2. The lowest BCUT2D eigenvalue weighted by Crippen LogP contribution is -2.50. The molecule has 54 heavy (non-hydrogen) atoms. The van der Waals surface area contributed by atoms with Gasteiger partial charge >= 0.3 is 0 Å². The summed E-state index contributed by atoms with van der Waals surface area (Å²) in [5, 5.41) is 15.2. The molecule has 4 unspecified atom stereocenters. The van der Waals surface area contributed by atoms with Crippen LogP contribution in [0.5, 0.6) is 0 Å². The molecule has 0 amide bonds. The van der Waals surface area contributed by atoms with Crippen molar-refractivity contribution in [2.75, 3.05) is 0 Å². The van der Waals surface area contributed by atoms with Gasteiger partial charge in [0.25, 0.3) is 0 Å². The van der Waals surface area contributed by atoms with Crippen molar-refractivity contribution in [2.24, 2.45) is 10.8 Å². The third-order valence-corrected chi connectivity index (χ3v) is 14.6. The normalized spacial score (nSPS) is 32.8. The monoisotopic (exact) mass is 740 g/mol. The summed E-state index contributed by atoms with van der Waals surface area (Å²) >= 11 is 0. The quantitative estimate of drug-likeness (QED) is 0.273. The molecule has 3 heterocycles. The molecule has 1 aliphatic carbocycles. The third kappa shape index (κ3) is 10.2. The van der Waals surface area contributed by atoms with Gasteiger partial charge in [-0.15, -0.1) is 0 Å². The van der Waals surface area contributed by atoms with Crippen molar-refractivity contribution in [2.45, 2.75) is 251 Å². The van der Waals surface area contributed by atoms with E-state index in [1.807, 2.05) is 0 Å². The van der Waals surface area contributed by atoms with Gasteiger partial charge in [0.15, 0.2) is 0 Å². The van der Waals surface area contributed by atoms with Gasteiger partial charge in [-0.05, 0) is 234 Å². The summed E-state index contributed by atoms with van der Waals surface area (Å²) in [6.07, 6.45) is 16.2. The van der Waals surface area contributed by atoms with Crippen LogP contribution < -0.4 is 16.0 Å². The van der Waals surface area contributed by atoms with Gasteiger partial charge in [0.1, 0.15) is 0 Å². The van der Waals surface area contributed by atoms with Crippen LogP contribution in [0.3, 0.4) is 0 Å².